The molecule has 2 N–H and O–H groups in total. The molecule has 0 aliphatic rings. The number of rotatable bonds is 5. The number of carbonyl (C=O) groups excluding carboxylic acids is 1. The van der Waals surface area contributed by atoms with Gasteiger partial charge < -0.3 is 10.6 Å². The summed E-state index contributed by atoms with van der Waals surface area (Å²) in [6.07, 6.45) is 0. The molecule has 2 rings (SSSR count). The number of amides is 1. The van der Waals surface area contributed by atoms with Gasteiger partial charge in [-0.1, -0.05) is 26.0 Å². The third-order valence-corrected chi connectivity index (χ3v) is 3.44. The van der Waals surface area contributed by atoms with E-state index in [4.69, 9.17) is 0 Å². The summed E-state index contributed by atoms with van der Waals surface area (Å²) in [6.45, 7) is 8.47. The van der Waals surface area contributed by atoms with Crippen molar-refractivity contribution in [1.29, 1.82) is 0 Å². The van der Waals surface area contributed by atoms with Gasteiger partial charge in [0.05, 0.1) is 0 Å². The maximum absolute atomic E-state index is 12.2. The lowest BCUT2D eigenvalue weighted by Crippen LogP contribution is -2.12. The Labute approximate surface area is 132 Å². The Morgan fingerprint density at radius 2 is 1.36 bits per heavy atom. The standard InChI is InChI=1S/C19H24N2O/c1-13(2)15-5-7-16(8-6-15)19(22)21-18-11-9-17(10-12-18)20-14(3)4/h5-14,20H,1-4H3,(H,21,22). The van der Waals surface area contributed by atoms with Crippen molar-refractivity contribution in [2.24, 2.45) is 0 Å². The van der Waals surface area contributed by atoms with Gasteiger partial charge in [-0.15, -0.1) is 0 Å². The zero-order valence-corrected chi connectivity index (χ0v) is 13.7. The van der Waals surface area contributed by atoms with E-state index in [1.165, 1.54) is 5.56 Å². The van der Waals surface area contributed by atoms with Crippen LogP contribution in [0.5, 0.6) is 0 Å². The van der Waals surface area contributed by atoms with Crippen LogP contribution in [0.1, 0.15) is 49.5 Å². The normalized spacial score (nSPS) is 10.8. The highest BCUT2D eigenvalue weighted by molar-refractivity contribution is 6.04. The van der Waals surface area contributed by atoms with Crippen LogP contribution >= 0.6 is 0 Å². The minimum atomic E-state index is -0.0834. The van der Waals surface area contributed by atoms with Gasteiger partial charge in [-0.05, 0) is 61.7 Å². The molecule has 0 atom stereocenters. The van der Waals surface area contributed by atoms with Crippen LogP contribution in [0.4, 0.5) is 11.4 Å². The van der Waals surface area contributed by atoms with Crippen molar-refractivity contribution in [3.8, 4) is 0 Å². The van der Waals surface area contributed by atoms with Crippen molar-refractivity contribution in [3.63, 3.8) is 0 Å². The molecular formula is C19H24N2O. The van der Waals surface area contributed by atoms with Crippen LogP contribution in [0.3, 0.4) is 0 Å². The first-order valence-electron chi connectivity index (χ1n) is 7.73. The van der Waals surface area contributed by atoms with Crippen LogP contribution in [-0.2, 0) is 0 Å². The van der Waals surface area contributed by atoms with Crippen molar-refractivity contribution in [1.82, 2.24) is 0 Å². The molecule has 2 aromatic carbocycles. The van der Waals surface area contributed by atoms with Crippen LogP contribution < -0.4 is 10.6 Å². The Balaban J connectivity index is 2.02. The summed E-state index contributed by atoms with van der Waals surface area (Å²) in [5, 5.41) is 6.24. The molecule has 0 saturated carbocycles. The predicted molar refractivity (Wildman–Crippen MR) is 93.7 cm³/mol. The van der Waals surface area contributed by atoms with E-state index in [1.54, 1.807) is 0 Å². The van der Waals surface area contributed by atoms with Gasteiger partial charge in [0.25, 0.3) is 5.91 Å². The summed E-state index contributed by atoms with van der Waals surface area (Å²) < 4.78 is 0. The second-order valence-electron chi connectivity index (χ2n) is 6.11. The number of hydrogen-bond acceptors (Lipinski definition) is 2. The molecule has 1 amide bonds. The van der Waals surface area contributed by atoms with E-state index in [1.807, 2.05) is 48.5 Å². The molecule has 0 aromatic heterocycles. The van der Waals surface area contributed by atoms with E-state index in [2.05, 4.69) is 38.3 Å². The molecule has 0 saturated heterocycles. The maximum atomic E-state index is 12.2. The quantitative estimate of drug-likeness (QED) is 0.825. The van der Waals surface area contributed by atoms with Crippen molar-refractivity contribution in [2.45, 2.75) is 39.7 Å². The first-order chi connectivity index (χ1) is 10.5. The van der Waals surface area contributed by atoms with E-state index >= 15 is 0 Å². The highest BCUT2D eigenvalue weighted by atomic mass is 16.1. The van der Waals surface area contributed by atoms with Gasteiger partial charge in [0, 0.05) is 23.0 Å². The molecule has 2 aromatic rings. The van der Waals surface area contributed by atoms with Gasteiger partial charge in [0.1, 0.15) is 0 Å². The Hall–Kier alpha value is -2.29. The molecule has 3 nitrogen and oxygen atoms in total. The van der Waals surface area contributed by atoms with Crippen LogP contribution in [0.15, 0.2) is 48.5 Å². The van der Waals surface area contributed by atoms with Crippen molar-refractivity contribution < 1.29 is 4.79 Å². The first kappa shape index (κ1) is 16.1. The Bertz CT molecular complexity index is 613. The van der Waals surface area contributed by atoms with Crippen molar-refractivity contribution in [3.05, 3.63) is 59.7 Å². The first-order valence-corrected chi connectivity index (χ1v) is 7.73. The largest absolute Gasteiger partial charge is 0.383 e. The number of carbonyl (C=O) groups is 1. The molecule has 116 valence electrons. The SMILES string of the molecule is CC(C)Nc1ccc(NC(=O)c2ccc(C(C)C)cc2)cc1. The zero-order valence-electron chi connectivity index (χ0n) is 13.7. The van der Waals surface area contributed by atoms with E-state index in [0.29, 0.717) is 17.5 Å². The van der Waals surface area contributed by atoms with Gasteiger partial charge in [-0.2, -0.15) is 0 Å². The number of anilines is 2. The molecule has 0 aliphatic carbocycles. The lowest BCUT2D eigenvalue weighted by atomic mass is 10.0. The maximum Gasteiger partial charge on any atom is 0.255 e. The molecular weight excluding hydrogens is 272 g/mol. The summed E-state index contributed by atoms with van der Waals surface area (Å²) in [7, 11) is 0. The van der Waals surface area contributed by atoms with Crippen molar-refractivity contribution in [2.75, 3.05) is 10.6 Å². The van der Waals surface area contributed by atoms with Crippen LogP contribution in [-0.4, -0.2) is 11.9 Å². The molecule has 0 bridgehead atoms. The fourth-order valence-corrected chi connectivity index (χ4v) is 2.21. The summed E-state index contributed by atoms with van der Waals surface area (Å²) in [5.41, 5.74) is 3.76. The molecule has 0 aliphatic heterocycles. The third-order valence-electron chi connectivity index (χ3n) is 3.44. The monoisotopic (exact) mass is 296 g/mol. The third kappa shape index (κ3) is 4.35. The molecule has 0 spiro atoms. The highest BCUT2D eigenvalue weighted by Gasteiger charge is 2.07. The smallest absolute Gasteiger partial charge is 0.255 e. The Morgan fingerprint density at radius 1 is 0.818 bits per heavy atom. The minimum Gasteiger partial charge on any atom is -0.383 e. The summed E-state index contributed by atoms with van der Waals surface area (Å²) in [4.78, 5) is 12.2. The van der Waals surface area contributed by atoms with Crippen LogP contribution in [0.25, 0.3) is 0 Å². The number of benzene rings is 2. The fraction of sp³-hybridized carbons (Fsp3) is 0.316. The van der Waals surface area contributed by atoms with Crippen LogP contribution in [0, 0.1) is 0 Å². The molecule has 22 heavy (non-hydrogen) atoms. The Morgan fingerprint density at radius 3 is 1.86 bits per heavy atom. The second kappa shape index (κ2) is 7.12. The van der Waals surface area contributed by atoms with Gasteiger partial charge in [-0.3, -0.25) is 4.79 Å². The summed E-state index contributed by atoms with van der Waals surface area (Å²) >= 11 is 0. The van der Waals surface area contributed by atoms with E-state index in [-0.39, 0.29) is 5.91 Å². The minimum absolute atomic E-state index is 0.0834. The topological polar surface area (TPSA) is 41.1 Å². The van der Waals surface area contributed by atoms with Gasteiger partial charge >= 0.3 is 0 Å². The second-order valence-corrected chi connectivity index (χ2v) is 6.11. The van der Waals surface area contributed by atoms with E-state index in [0.717, 1.165) is 11.4 Å². The number of nitrogens with one attached hydrogen (secondary N) is 2. The van der Waals surface area contributed by atoms with E-state index < -0.39 is 0 Å². The Kier molecular flexibility index (Phi) is 5.21. The van der Waals surface area contributed by atoms with Crippen LogP contribution in [0.2, 0.25) is 0 Å². The molecule has 3 heteroatoms. The fourth-order valence-electron chi connectivity index (χ4n) is 2.21. The molecule has 0 heterocycles. The summed E-state index contributed by atoms with van der Waals surface area (Å²) in [5.74, 6) is 0.387. The molecule has 0 radical (unpaired) electrons. The average Bonchev–Trinajstić information content (AvgIpc) is 2.49. The average molecular weight is 296 g/mol. The highest BCUT2D eigenvalue weighted by Crippen LogP contribution is 2.17. The van der Waals surface area contributed by atoms with Gasteiger partial charge in [0.15, 0.2) is 0 Å². The van der Waals surface area contributed by atoms with Gasteiger partial charge in [0.2, 0.25) is 0 Å². The van der Waals surface area contributed by atoms with Crippen molar-refractivity contribution >= 4 is 17.3 Å². The number of hydrogen-bond donors (Lipinski definition) is 2. The van der Waals surface area contributed by atoms with E-state index in [9.17, 15) is 4.79 Å². The lowest BCUT2D eigenvalue weighted by Gasteiger charge is -2.11. The lowest BCUT2D eigenvalue weighted by molar-refractivity contribution is 0.102. The molecule has 0 unspecified atom stereocenters. The van der Waals surface area contributed by atoms with Gasteiger partial charge in [-0.25, -0.2) is 0 Å². The zero-order chi connectivity index (χ0) is 16.1. The molecule has 0 fully saturated rings. The summed E-state index contributed by atoms with van der Waals surface area (Å²) in [6, 6.07) is 15.9. The predicted octanol–water partition coefficient (Wildman–Crippen LogP) is 4.88.